The van der Waals surface area contributed by atoms with Gasteiger partial charge in [0.15, 0.2) is 5.78 Å². The number of benzene rings is 2. The van der Waals surface area contributed by atoms with Crippen molar-refractivity contribution in [1.82, 2.24) is 4.31 Å². The van der Waals surface area contributed by atoms with E-state index in [1.807, 2.05) is 57.2 Å². The Morgan fingerprint density at radius 1 is 1.03 bits per heavy atom. The zero-order valence-electron chi connectivity index (χ0n) is 17.3. The number of Topliss-reactive ketones (excluding diaryl/α,β-unsaturated/α-hetero) is 1. The van der Waals surface area contributed by atoms with Gasteiger partial charge in [-0.25, -0.2) is 8.42 Å². The highest BCUT2D eigenvalue weighted by Gasteiger charge is 2.42. The molecule has 2 aliphatic rings. The maximum Gasteiger partial charge on any atom is 0.243 e. The van der Waals surface area contributed by atoms with E-state index in [0.717, 1.165) is 37.9 Å². The predicted octanol–water partition coefficient (Wildman–Crippen LogP) is 5.14. The summed E-state index contributed by atoms with van der Waals surface area (Å²) in [4.78, 5) is 13.3. The van der Waals surface area contributed by atoms with Crippen molar-refractivity contribution in [3.8, 4) is 0 Å². The third kappa shape index (κ3) is 3.72. The molecule has 2 aromatic carbocycles. The molecule has 0 aromatic heterocycles. The van der Waals surface area contributed by atoms with Gasteiger partial charge in [0.1, 0.15) is 0 Å². The lowest BCUT2D eigenvalue weighted by Gasteiger charge is -2.26. The summed E-state index contributed by atoms with van der Waals surface area (Å²) in [6, 6.07) is 14.8. The highest BCUT2D eigenvalue weighted by Crippen LogP contribution is 2.44. The number of ketones is 1. The van der Waals surface area contributed by atoms with Gasteiger partial charge in [-0.3, -0.25) is 4.79 Å². The van der Waals surface area contributed by atoms with Crippen molar-refractivity contribution in [2.24, 2.45) is 5.92 Å². The van der Waals surface area contributed by atoms with Crippen LogP contribution in [-0.4, -0.2) is 31.6 Å². The van der Waals surface area contributed by atoms with E-state index >= 15 is 0 Å². The predicted molar refractivity (Wildman–Crippen MR) is 122 cm³/mol. The van der Waals surface area contributed by atoms with Gasteiger partial charge in [-0.15, -0.1) is 0 Å². The van der Waals surface area contributed by atoms with Crippen LogP contribution in [0, 0.1) is 12.8 Å². The fourth-order valence-corrected chi connectivity index (χ4v) is 6.08. The number of fused-ring (bicyclic) bond motifs is 1. The van der Waals surface area contributed by atoms with Crippen molar-refractivity contribution in [3.63, 3.8) is 0 Å². The Morgan fingerprint density at radius 3 is 2.27 bits per heavy atom. The van der Waals surface area contributed by atoms with E-state index in [2.05, 4.69) is 15.9 Å². The molecule has 1 aliphatic heterocycles. The van der Waals surface area contributed by atoms with Crippen molar-refractivity contribution in [2.75, 3.05) is 13.1 Å². The van der Waals surface area contributed by atoms with E-state index in [1.54, 1.807) is 12.1 Å². The standard InChI is InChI=1S/C24H24BrNO3S/c1-15(2)23-22(27)12-18-13-26(30(28,29)20-10-4-16(3)5-11-20)14-21(18)24(23)17-6-8-19(25)9-7-17/h4-11,18H,12-14H2,1-3H3. The zero-order chi connectivity index (χ0) is 21.6. The number of carbonyl (C=O) groups is 1. The van der Waals surface area contributed by atoms with Crippen molar-refractivity contribution in [1.29, 1.82) is 0 Å². The van der Waals surface area contributed by atoms with Gasteiger partial charge in [-0.05, 0) is 61.7 Å². The number of hydrogen-bond donors (Lipinski definition) is 0. The molecule has 30 heavy (non-hydrogen) atoms. The first-order valence-corrected chi connectivity index (χ1v) is 12.2. The summed E-state index contributed by atoms with van der Waals surface area (Å²) in [6.07, 6.45) is 0.357. The molecule has 0 saturated carbocycles. The number of aryl methyl sites for hydroxylation is 1. The van der Waals surface area contributed by atoms with E-state index in [-0.39, 0.29) is 11.7 Å². The van der Waals surface area contributed by atoms with Gasteiger partial charge in [-0.2, -0.15) is 4.31 Å². The van der Waals surface area contributed by atoms with E-state index in [4.69, 9.17) is 0 Å². The second kappa shape index (κ2) is 7.91. The molecule has 0 radical (unpaired) electrons. The van der Waals surface area contributed by atoms with Crippen LogP contribution in [0.4, 0.5) is 0 Å². The van der Waals surface area contributed by atoms with Gasteiger partial charge >= 0.3 is 0 Å². The molecule has 0 spiro atoms. The lowest BCUT2D eigenvalue weighted by Crippen LogP contribution is -2.29. The van der Waals surface area contributed by atoms with Crippen LogP contribution < -0.4 is 0 Å². The van der Waals surface area contributed by atoms with Crippen molar-refractivity contribution >= 4 is 37.3 Å². The largest absolute Gasteiger partial charge is 0.294 e. The quantitative estimate of drug-likeness (QED) is 0.565. The molecular formula is C24H24BrNO3S. The fourth-order valence-electron chi connectivity index (χ4n) is 4.35. The number of hydrogen-bond acceptors (Lipinski definition) is 3. The zero-order valence-corrected chi connectivity index (χ0v) is 19.7. The summed E-state index contributed by atoms with van der Waals surface area (Å²) in [5.41, 5.74) is 5.62. The first-order valence-electron chi connectivity index (χ1n) is 9.95. The summed E-state index contributed by atoms with van der Waals surface area (Å²) in [5.74, 6) is 0.00993. The Morgan fingerprint density at radius 2 is 1.67 bits per heavy atom. The Labute approximate surface area is 186 Å². The van der Waals surface area contributed by atoms with Gasteiger partial charge in [0.05, 0.1) is 4.90 Å². The Kier molecular flexibility index (Phi) is 5.60. The third-order valence-electron chi connectivity index (χ3n) is 5.84. The molecule has 156 valence electrons. The van der Waals surface area contributed by atoms with E-state index in [1.165, 1.54) is 4.31 Å². The molecule has 1 fully saturated rings. The number of carbonyl (C=O) groups excluding carboxylic acids is 1. The molecule has 2 aromatic rings. The molecule has 0 amide bonds. The number of sulfonamides is 1. The SMILES string of the molecule is CC(C)=C1C(=O)CC2CN(S(=O)(=O)c3ccc(C)cc3)CC2=C1c1ccc(Br)cc1. The molecule has 0 bridgehead atoms. The average molecular weight is 486 g/mol. The van der Waals surface area contributed by atoms with E-state index in [0.29, 0.717) is 24.4 Å². The normalized spacial score (nSPS) is 19.9. The molecule has 4 nitrogen and oxygen atoms in total. The Bertz CT molecular complexity index is 1170. The maximum absolute atomic E-state index is 13.3. The first-order chi connectivity index (χ1) is 14.2. The Balaban J connectivity index is 1.82. The number of halogens is 1. The number of allylic oxidation sites excluding steroid dienone is 3. The molecule has 1 saturated heterocycles. The monoisotopic (exact) mass is 485 g/mol. The Hall–Kier alpha value is -2.02. The molecule has 6 heteroatoms. The highest BCUT2D eigenvalue weighted by molar-refractivity contribution is 9.10. The lowest BCUT2D eigenvalue weighted by molar-refractivity contribution is -0.116. The third-order valence-corrected chi connectivity index (χ3v) is 8.19. The van der Waals surface area contributed by atoms with E-state index in [9.17, 15) is 13.2 Å². The maximum atomic E-state index is 13.3. The summed E-state index contributed by atoms with van der Waals surface area (Å²) in [5, 5.41) is 0. The summed E-state index contributed by atoms with van der Waals surface area (Å²) in [7, 11) is -3.62. The summed E-state index contributed by atoms with van der Waals surface area (Å²) >= 11 is 3.47. The molecule has 1 atom stereocenters. The lowest BCUT2D eigenvalue weighted by atomic mass is 9.76. The van der Waals surface area contributed by atoms with Gasteiger partial charge < -0.3 is 0 Å². The van der Waals surface area contributed by atoms with Crippen LogP contribution in [0.2, 0.25) is 0 Å². The fraction of sp³-hybridized carbons (Fsp3) is 0.292. The van der Waals surface area contributed by atoms with Crippen LogP contribution in [-0.2, 0) is 14.8 Å². The molecule has 0 N–H and O–H groups in total. The topological polar surface area (TPSA) is 54.5 Å². The van der Waals surface area contributed by atoms with Crippen LogP contribution in [0.3, 0.4) is 0 Å². The minimum atomic E-state index is -3.62. The van der Waals surface area contributed by atoms with Crippen molar-refractivity contribution < 1.29 is 13.2 Å². The molecular weight excluding hydrogens is 462 g/mol. The number of nitrogens with zero attached hydrogens (tertiary/aromatic N) is 1. The average Bonchev–Trinajstić information content (AvgIpc) is 3.12. The summed E-state index contributed by atoms with van der Waals surface area (Å²) in [6.45, 7) is 6.48. The van der Waals surface area contributed by atoms with Crippen LogP contribution in [0.5, 0.6) is 0 Å². The van der Waals surface area contributed by atoms with Crippen LogP contribution in [0.25, 0.3) is 5.57 Å². The minimum absolute atomic E-state index is 0.0838. The van der Waals surface area contributed by atoms with Gasteiger partial charge in [0.25, 0.3) is 0 Å². The van der Waals surface area contributed by atoms with Crippen LogP contribution >= 0.6 is 15.9 Å². The van der Waals surface area contributed by atoms with Crippen molar-refractivity contribution in [3.05, 3.63) is 80.8 Å². The molecule has 1 unspecified atom stereocenters. The number of rotatable bonds is 3. The highest BCUT2D eigenvalue weighted by atomic mass is 79.9. The van der Waals surface area contributed by atoms with Crippen LogP contribution in [0.1, 0.15) is 31.4 Å². The molecule has 1 aliphatic carbocycles. The smallest absolute Gasteiger partial charge is 0.243 e. The van der Waals surface area contributed by atoms with Gasteiger partial charge in [-0.1, -0.05) is 51.3 Å². The molecule has 4 rings (SSSR count). The van der Waals surface area contributed by atoms with E-state index < -0.39 is 10.0 Å². The van der Waals surface area contributed by atoms with Crippen LogP contribution in [0.15, 0.2) is 74.6 Å². The summed E-state index contributed by atoms with van der Waals surface area (Å²) < 4.78 is 29.0. The first kappa shape index (κ1) is 21.2. The second-order valence-corrected chi connectivity index (χ2v) is 11.1. The minimum Gasteiger partial charge on any atom is -0.294 e. The second-order valence-electron chi connectivity index (χ2n) is 8.22. The van der Waals surface area contributed by atoms with Gasteiger partial charge in [0.2, 0.25) is 10.0 Å². The molecule has 1 heterocycles. The van der Waals surface area contributed by atoms with Crippen molar-refractivity contribution in [2.45, 2.75) is 32.1 Å². The van der Waals surface area contributed by atoms with Gasteiger partial charge in [0, 0.05) is 35.5 Å².